The maximum absolute atomic E-state index is 5.56. The third-order valence-corrected chi connectivity index (χ3v) is 3.69. The SMILES string of the molecule is CN=C(NCCCOCc1ccco1)NCc1cccc(N(C)C)c1.I. The van der Waals surface area contributed by atoms with Gasteiger partial charge in [0.15, 0.2) is 5.96 Å². The minimum absolute atomic E-state index is 0. The van der Waals surface area contributed by atoms with Gasteiger partial charge >= 0.3 is 0 Å². The minimum atomic E-state index is 0. The van der Waals surface area contributed by atoms with Crippen molar-refractivity contribution in [2.75, 3.05) is 39.2 Å². The van der Waals surface area contributed by atoms with E-state index in [1.165, 1.54) is 11.3 Å². The average Bonchev–Trinajstić information content (AvgIpc) is 3.14. The summed E-state index contributed by atoms with van der Waals surface area (Å²) in [6.07, 6.45) is 2.56. The van der Waals surface area contributed by atoms with Crippen molar-refractivity contribution in [1.82, 2.24) is 10.6 Å². The number of aliphatic imine (C=N–C) groups is 1. The van der Waals surface area contributed by atoms with Gasteiger partial charge in [0.2, 0.25) is 0 Å². The molecule has 2 N–H and O–H groups in total. The summed E-state index contributed by atoms with van der Waals surface area (Å²) >= 11 is 0. The molecule has 2 rings (SSSR count). The highest BCUT2D eigenvalue weighted by Crippen LogP contribution is 2.13. The van der Waals surface area contributed by atoms with E-state index in [0.29, 0.717) is 13.2 Å². The molecule has 0 saturated carbocycles. The summed E-state index contributed by atoms with van der Waals surface area (Å²) in [5.74, 6) is 1.65. The van der Waals surface area contributed by atoms with E-state index in [0.717, 1.165) is 31.2 Å². The Labute approximate surface area is 173 Å². The lowest BCUT2D eigenvalue weighted by Gasteiger charge is -2.15. The van der Waals surface area contributed by atoms with Crippen molar-refractivity contribution >= 4 is 35.6 Å². The molecular formula is C19H29IN4O2. The van der Waals surface area contributed by atoms with Crippen LogP contribution in [0, 0.1) is 0 Å². The number of guanidine groups is 1. The number of anilines is 1. The summed E-state index contributed by atoms with van der Waals surface area (Å²) in [6.45, 7) is 2.73. The molecule has 26 heavy (non-hydrogen) atoms. The summed E-state index contributed by atoms with van der Waals surface area (Å²) in [5, 5.41) is 6.63. The molecule has 0 radical (unpaired) electrons. The van der Waals surface area contributed by atoms with Gasteiger partial charge in [0, 0.05) is 46.5 Å². The fraction of sp³-hybridized carbons (Fsp3) is 0.421. The van der Waals surface area contributed by atoms with E-state index in [1.54, 1.807) is 13.3 Å². The number of hydrogen-bond donors (Lipinski definition) is 2. The molecule has 6 nitrogen and oxygen atoms in total. The zero-order valence-corrected chi connectivity index (χ0v) is 18.0. The fourth-order valence-corrected chi connectivity index (χ4v) is 2.30. The van der Waals surface area contributed by atoms with Crippen molar-refractivity contribution in [3.8, 4) is 0 Å². The van der Waals surface area contributed by atoms with Crippen LogP contribution < -0.4 is 15.5 Å². The Morgan fingerprint density at radius 2 is 2.04 bits per heavy atom. The summed E-state index contributed by atoms with van der Waals surface area (Å²) in [5.41, 5.74) is 2.41. The standard InChI is InChI=1S/C19H28N4O2.HI/c1-20-19(21-10-6-11-24-15-18-9-5-12-25-18)22-14-16-7-4-8-17(13-16)23(2)3;/h4-5,7-9,12-13H,6,10-11,14-15H2,1-3H3,(H2,20,21,22);1H. The molecule has 0 unspecified atom stereocenters. The summed E-state index contributed by atoms with van der Waals surface area (Å²) in [7, 11) is 5.86. The van der Waals surface area contributed by atoms with Gasteiger partial charge in [0.1, 0.15) is 12.4 Å². The molecule has 0 bridgehead atoms. The van der Waals surface area contributed by atoms with Gasteiger partial charge in [0.25, 0.3) is 0 Å². The molecule has 7 heteroatoms. The van der Waals surface area contributed by atoms with E-state index in [-0.39, 0.29) is 24.0 Å². The van der Waals surface area contributed by atoms with Crippen LogP contribution in [-0.2, 0) is 17.9 Å². The Bertz CT molecular complexity index is 645. The number of halogens is 1. The Hall–Kier alpha value is -1.74. The summed E-state index contributed by atoms with van der Waals surface area (Å²) in [4.78, 5) is 6.34. The van der Waals surface area contributed by atoms with Gasteiger partial charge in [-0.3, -0.25) is 4.99 Å². The van der Waals surface area contributed by atoms with Crippen LogP contribution in [0.25, 0.3) is 0 Å². The summed E-state index contributed by atoms with van der Waals surface area (Å²) in [6, 6.07) is 12.2. The molecule has 0 aliphatic rings. The Kier molecular flexibility index (Phi) is 10.8. The molecular weight excluding hydrogens is 443 g/mol. The first-order valence-electron chi connectivity index (χ1n) is 8.50. The molecule has 144 valence electrons. The molecule has 0 aliphatic heterocycles. The van der Waals surface area contributed by atoms with Crippen LogP contribution in [0.5, 0.6) is 0 Å². The van der Waals surface area contributed by atoms with Gasteiger partial charge in [-0.05, 0) is 36.2 Å². The minimum Gasteiger partial charge on any atom is -0.467 e. The van der Waals surface area contributed by atoms with Crippen molar-refractivity contribution in [1.29, 1.82) is 0 Å². The second kappa shape index (κ2) is 12.6. The maximum atomic E-state index is 5.56. The highest BCUT2D eigenvalue weighted by molar-refractivity contribution is 14.0. The van der Waals surface area contributed by atoms with E-state index in [2.05, 4.69) is 44.8 Å². The highest BCUT2D eigenvalue weighted by Gasteiger charge is 2.01. The second-order valence-corrected chi connectivity index (χ2v) is 5.90. The topological polar surface area (TPSA) is 62.0 Å². The molecule has 0 aliphatic carbocycles. The Balaban J connectivity index is 0.00000338. The number of ether oxygens (including phenoxy) is 1. The third-order valence-electron chi connectivity index (χ3n) is 3.69. The molecule has 0 fully saturated rings. The quantitative estimate of drug-likeness (QED) is 0.254. The third kappa shape index (κ3) is 8.09. The fourth-order valence-electron chi connectivity index (χ4n) is 2.30. The van der Waals surface area contributed by atoms with E-state index in [1.807, 2.05) is 26.2 Å². The number of hydrogen-bond acceptors (Lipinski definition) is 4. The number of nitrogens with one attached hydrogen (secondary N) is 2. The zero-order chi connectivity index (χ0) is 17.9. The first kappa shape index (κ1) is 22.3. The van der Waals surface area contributed by atoms with Gasteiger partial charge in [-0.2, -0.15) is 0 Å². The van der Waals surface area contributed by atoms with Crippen molar-refractivity contribution in [3.63, 3.8) is 0 Å². The average molecular weight is 472 g/mol. The van der Waals surface area contributed by atoms with Gasteiger partial charge in [-0.15, -0.1) is 24.0 Å². The van der Waals surface area contributed by atoms with Crippen LogP contribution in [0.2, 0.25) is 0 Å². The lowest BCUT2D eigenvalue weighted by atomic mass is 10.2. The predicted molar refractivity (Wildman–Crippen MR) is 117 cm³/mol. The van der Waals surface area contributed by atoms with Crippen molar-refractivity contribution in [2.24, 2.45) is 4.99 Å². The van der Waals surface area contributed by atoms with Gasteiger partial charge in [-0.1, -0.05) is 12.1 Å². The van der Waals surface area contributed by atoms with E-state index < -0.39 is 0 Å². The number of furan rings is 1. The molecule has 0 amide bonds. The smallest absolute Gasteiger partial charge is 0.191 e. The molecule has 0 atom stereocenters. The maximum Gasteiger partial charge on any atom is 0.191 e. The van der Waals surface area contributed by atoms with Crippen LogP contribution in [0.1, 0.15) is 17.7 Å². The van der Waals surface area contributed by atoms with Crippen LogP contribution in [0.4, 0.5) is 5.69 Å². The molecule has 1 aromatic heterocycles. The molecule has 0 spiro atoms. The lowest BCUT2D eigenvalue weighted by molar-refractivity contribution is 0.105. The van der Waals surface area contributed by atoms with Crippen LogP contribution >= 0.6 is 24.0 Å². The first-order chi connectivity index (χ1) is 12.2. The van der Waals surface area contributed by atoms with Gasteiger partial charge in [0.05, 0.1) is 6.26 Å². The van der Waals surface area contributed by atoms with E-state index in [9.17, 15) is 0 Å². The largest absolute Gasteiger partial charge is 0.467 e. The Morgan fingerprint density at radius 1 is 1.19 bits per heavy atom. The Morgan fingerprint density at radius 3 is 2.73 bits per heavy atom. The van der Waals surface area contributed by atoms with Gasteiger partial charge < -0.3 is 24.7 Å². The summed E-state index contributed by atoms with van der Waals surface area (Å²) < 4.78 is 10.8. The monoisotopic (exact) mass is 472 g/mol. The zero-order valence-electron chi connectivity index (χ0n) is 15.7. The van der Waals surface area contributed by atoms with Crippen LogP contribution in [-0.4, -0.2) is 40.3 Å². The number of nitrogens with zero attached hydrogens (tertiary/aromatic N) is 2. The first-order valence-corrected chi connectivity index (χ1v) is 8.50. The van der Waals surface area contributed by atoms with Crippen LogP contribution in [0.3, 0.4) is 0 Å². The number of rotatable bonds is 9. The molecule has 1 aromatic carbocycles. The normalized spacial score (nSPS) is 11.0. The van der Waals surface area contributed by atoms with Gasteiger partial charge in [-0.25, -0.2) is 0 Å². The molecule has 0 saturated heterocycles. The second-order valence-electron chi connectivity index (χ2n) is 5.90. The van der Waals surface area contributed by atoms with Crippen molar-refractivity contribution in [2.45, 2.75) is 19.6 Å². The lowest BCUT2D eigenvalue weighted by Crippen LogP contribution is -2.37. The molecule has 2 aromatic rings. The van der Waals surface area contributed by atoms with E-state index >= 15 is 0 Å². The predicted octanol–water partition coefficient (Wildman–Crippen LogP) is 3.24. The highest BCUT2D eigenvalue weighted by atomic mass is 127. The van der Waals surface area contributed by atoms with E-state index in [4.69, 9.17) is 9.15 Å². The van der Waals surface area contributed by atoms with Crippen molar-refractivity contribution < 1.29 is 9.15 Å². The number of benzene rings is 1. The molecule has 1 heterocycles. The van der Waals surface area contributed by atoms with Crippen LogP contribution in [0.15, 0.2) is 52.1 Å². The van der Waals surface area contributed by atoms with Crippen molar-refractivity contribution in [3.05, 3.63) is 54.0 Å².